The van der Waals surface area contributed by atoms with E-state index < -0.39 is 0 Å². The van der Waals surface area contributed by atoms with Gasteiger partial charge in [0.15, 0.2) is 5.82 Å². The molecular formula is C15H10Cl2N4O. The van der Waals surface area contributed by atoms with Crippen LogP contribution in [0.1, 0.15) is 10.4 Å². The van der Waals surface area contributed by atoms with Gasteiger partial charge in [-0.15, -0.1) is 0 Å². The van der Waals surface area contributed by atoms with Gasteiger partial charge in [-0.25, -0.2) is 9.67 Å². The van der Waals surface area contributed by atoms with Crippen molar-refractivity contribution in [3.05, 3.63) is 70.6 Å². The zero-order valence-corrected chi connectivity index (χ0v) is 12.7. The van der Waals surface area contributed by atoms with Crippen molar-refractivity contribution < 1.29 is 4.79 Å². The summed E-state index contributed by atoms with van der Waals surface area (Å²) in [4.78, 5) is 16.4. The number of carbonyl (C=O) groups is 1. The first kappa shape index (κ1) is 14.6. The normalized spacial score (nSPS) is 10.5. The minimum atomic E-state index is -0.294. The number of rotatable bonds is 3. The van der Waals surface area contributed by atoms with Crippen molar-refractivity contribution in [2.24, 2.45) is 0 Å². The maximum absolute atomic E-state index is 12.2. The number of halogens is 2. The van der Waals surface area contributed by atoms with Crippen molar-refractivity contribution >= 4 is 34.8 Å². The topological polar surface area (TPSA) is 59.8 Å². The van der Waals surface area contributed by atoms with Gasteiger partial charge in [-0.1, -0.05) is 23.2 Å². The largest absolute Gasteiger partial charge is 0.322 e. The smallest absolute Gasteiger partial charge is 0.257 e. The fourth-order valence-corrected chi connectivity index (χ4v) is 2.42. The van der Waals surface area contributed by atoms with Gasteiger partial charge < -0.3 is 5.32 Å². The van der Waals surface area contributed by atoms with Crippen molar-refractivity contribution in [1.29, 1.82) is 0 Å². The summed E-state index contributed by atoms with van der Waals surface area (Å²) in [6.07, 6.45) is 4.92. The molecule has 0 spiro atoms. The number of anilines is 1. The Hall–Kier alpha value is -2.37. The maximum atomic E-state index is 12.2. The average Bonchev–Trinajstić information content (AvgIpc) is 3.00. The number of benzene rings is 1. The number of nitrogens with zero attached hydrogens (tertiary/aromatic N) is 3. The number of pyridine rings is 1. The van der Waals surface area contributed by atoms with Gasteiger partial charge in [0.05, 0.1) is 5.56 Å². The van der Waals surface area contributed by atoms with Crippen LogP contribution in [0, 0.1) is 0 Å². The first-order valence-electron chi connectivity index (χ1n) is 6.35. The number of hydrogen-bond donors (Lipinski definition) is 1. The summed E-state index contributed by atoms with van der Waals surface area (Å²) in [5.74, 6) is 0.338. The Labute approximate surface area is 136 Å². The fourth-order valence-electron chi connectivity index (χ4n) is 1.89. The van der Waals surface area contributed by atoms with Gasteiger partial charge >= 0.3 is 0 Å². The Morgan fingerprint density at radius 1 is 1.14 bits per heavy atom. The molecule has 22 heavy (non-hydrogen) atoms. The average molecular weight is 333 g/mol. The number of nitrogens with one attached hydrogen (secondary N) is 1. The van der Waals surface area contributed by atoms with Crippen LogP contribution in [-0.4, -0.2) is 20.7 Å². The minimum absolute atomic E-state index is 0.294. The first-order valence-corrected chi connectivity index (χ1v) is 7.11. The molecule has 0 saturated carbocycles. The van der Waals surface area contributed by atoms with E-state index in [1.54, 1.807) is 53.5 Å². The lowest BCUT2D eigenvalue weighted by atomic mass is 10.2. The molecule has 1 N–H and O–H groups in total. The van der Waals surface area contributed by atoms with Crippen molar-refractivity contribution in [2.75, 3.05) is 5.32 Å². The summed E-state index contributed by atoms with van der Waals surface area (Å²) in [7, 11) is 0. The summed E-state index contributed by atoms with van der Waals surface area (Å²) >= 11 is 11.8. The zero-order chi connectivity index (χ0) is 15.5. The van der Waals surface area contributed by atoms with Crippen molar-refractivity contribution in [1.82, 2.24) is 14.8 Å². The van der Waals surface area contributed by atoms with Gasteiger partial charge in [-0.3, -0.25) is 4.79 Å². The molecule has 2 aromatic heterocycles. The van der Waals surface area contributed by atoms with Crippen LogP contribution >= 0.6 is 23.2 Å². The van der Waals surface area contributed by atoms with E-state index in [2.05, 4.69) is 15.4 Å². The van der Waals surface area contributed by atoms with Crippen molar-refractivity contribution in [3.63, 3.8) is 0 Å². The van der Waals surface area contributed by atoms with Crippen LogP contribution in [0.3, 0.4) is 0 Å². The third-order valence-corrected chi connectivity index (χ3v) is 3.31. The van der Waals surface area contributed by atoms with E-state index in [9.17, 15) is 4.79 Å². The van der Waals surface area contributed by atoms with Crippen molar-refractivity contribution in [2.45, 2.75) is 0 Å². The van der Waals surface area contributed by atoms with Gasteiger partial charge in [0, 0.05) is 34.3 Å². The minimum Gasteiger partial charge on any atom is -0.322 e. The van der Waals surface area contributed by atoms with Gasteiger partial charge in [0.2, 0.25) is 0 Å². The quantitative estimate of drug-likeness (QED) is 0.792. The molecule has 1 amide bonds. The Bertz CT molecular complexity index is 781. The van der Waals surface area contributed by atoms with E-state index in [0.29, 0.717) is 27.1 Å². The van der Waals surface area contributed by atoms with Crippen LogP contribution in [0.5, 0.6) is 0 Å². The molecule has 0 aliphatic heterocycles. The Balaban J connectivity index is 1.77. The first-order chi connectivity index (χ1) is 10.6. The molecule has 5 nitrogen and oxygen atoms in total. The highest BCUT2D eigenvalue weighted by Gasteiger charge is 2.08. The zero-order valence-electron chi connectivity index (χ0n) is 11.2. The van der Waals surface area contributed by atoms with Gasteiger partial charge in [0.25, 0.3) is 5.91 Å². The van der Waals surface area contributed by atoms with Crippen LogP contribution in [0.25, 0.3) is 5.82 Å². The molecule has 3 aromatic rings. The van der Waals surface area contributed by atoms with Crippen LogP contribution in [0.15, 0.2) is 55.0 Å². The second-order valence-corrected chi connectivity index (χ2v) is 5.34. The van der Waals surface area contributed by atoms with Crippen LogP contribution in [-0.2, 0) is 0 Å². The standard InChI is InChI=1S/C15H10Cl2N4O/c16-11-6-12(17)8-13(7-11)20-15(22)10-2-3-14(18-9-10)21-5-1-4-19-21/h1-9H,(H,20,22). The van der Waals surface area contributed by atoms with E-state index in [4.69, 9.17) is 23.2 Å². The van der Waals surface area contributed by atoms with Gasteiger partial charge in [-0.05, 0) is 36.4 Å². The van der Waals surface area contributed by atoms with E-state index in [1.165, 1.54) is 6.20 Å². The van der Waals surface area contributed by atoms with Crippen LogP contribution in [0.2, 0.25) is 10.0 Å². The third-order valence-electron chi connectivity index (χ3n) is 2.87. The lowest BCUT2D eigenvalue weighted by molar-refractivity contribution is 0.102. The molecule has 1 aromatic carbocycles. The van der Waals surface area contributed by atoms with Gasteiger partial charge in [0.1, 0.15) is 0 Å². The Morgan fingerprint density at radius 3 is 2.50 bits per heavy atom. The van der Waals surface area contributed by atoms with E-state index in [-0.39, 0.29) is 5.91 Å². The molecule has 7 heteroatoms. The monoisotopic (exact) mass is 332 g/mol. The summed E-state index contributed by atoms with van der Waals surface area (Å²) in [5.41, 5.74) is 0.950. The molecule has 2 heterocycles. The lowest BCUT2D eigenvalue weighted by Crippen LogP contribution is -2.12. The fraction of sp³-hybridized carbons (Fsp3) is 0. The number of aromatic nitrogens is 3. The Kier molecular flexibility index (Phi) is 4.09. The highest BCUT2D eigenvalue weighted by molar-refractivity contribution is 6.35. The highest BCUT2D eigenvalue weighted by Crippen LogP contribution is 2.22. The molecule has 0 unspecified atom stereocenters. The summed E-state index contributed by atoms with van der Waals surface area (Å²) < 4.78 is 1.61. The SMILES string of the molecule is O=C(Nc1cc(Cl)cc(Cl)c1)c1ccc(-n2cccn2)nc1. The van der Waals surface area contributed by atoms with Gasteiger partial charge in [-0.2, -0.15) is 5.10 Å². The molecule has 110 valence electrons. The molecule has 0 aliphatic rings. The van der Waals surface area contributed by atoms with Crippen LogP contribution in [0.4, 0.5) is 5.69 Å². The summed E-state index contributed by atoms with van der Waals surface area (Å²) in [6.45, 7) is 0. The molecular weight excluding hydrogens is 323 g/mol. The molecule has 0 aliphatic carbocycles. The summed E-state index contributed by atoms with van der Waals surface area (Å²) in [6, 6.07) is 10.0. The Morgan fingerprint density at radius 2 is 1.91 bits per heavy atom. The predicted molar refractivity (Wildman–Crippen MR) is 85.8 cm³/mol. The number of amides is 1. The number of hydrogen-bond acceptors (Lipinski definition) is 3. The van der Waals surface area contributed by atoms with Crippen molar-refractivity contribution in [3.8, 4) is 5.82 Å². The molecule has 3 rings (SSSR count). The van der Waals surface area contributed by atoms with E-state index in [0.717, 1.165) is 0 Å². The second kappa shape index (κ2) is 6.17. The van der Waals surface area contributed by atoms with E-state index >= 15 is 0 Å². The highest BCUT2D eigenvalue weighted by atomic mass is 35.5. The predicted octanol–water partition coefficient (Wildman–Crippen LogP) is 3.83. The molecule has 0 saturated heterocycles. The van der Waals surface area contributed by atoms with E-state index in [1.807, 2.05) is 0 Å². The molecule has 0 fully saturated rings. The summed E-state index contributed by atoms with van der Waals surface area (Å²) in [5, 5.41) is 7.70. The molecule has 0 radical (unpaired) electrons. The second-order valence-electron chi connectivity index (χ2n) is 4.47. The maximum Gasteiger partial charge on any atom is 0.257 e. The molecule has 0 bridgehead atoms. The lowest BCUT2D eigenvalue weighted by Gasteiger charge is -2.07. The number of carbonyl (C=O) groups excluding carboxylic acids is 1. The molecule has 0 atom stereocenters. The third kappa shape index (κ3) is 3.27. The van der Waals surface area contributed by atoms with Crippen LogP contribution < -0.4 is 5.32 Å².